The van der Waals surface area contributed by atoms with Crippen molar-refractivity contribution in [1.29, 1.82) is 0 Å². The average molecular weight is 524 g/mol. The molecule has 3 N–H and O–H groups in total. The van der Waals surface area contributed by atoms with E-state index in [1.54, 1.807) is 54.1 Å². The highest BCUT2D eigenvalue weighted by atomic mass is 35.5. The molecular weight excluding hydrogens is 501 g/mol. The van der Waals surface area contributed by atoms with E-state index in [0.717, 1.165) is 0 Å². The number of amides is 2. The van der Waals surface area contributed by atoms with Gasteiger partial charge >= 0.3 is 0 Å². The molecule has 0 saturated heterocycles. The molecule has 0 bridgehead atoms. The lowest BCUT2D eigenvalue weighted by Gasteiger charge is -2.17. The van der Waals surface area contributed by atoms with Crippen LogP contribution in [0.5, 0.6) is 5.75 Å². The Morgan fingerprint density at radius 1 is 1.15 bits per heavy atom. The van der Waals surface area contributed by atoms with E-state index in [4.69, 9.17) is 27.9 Å². The monoisotopic (exact) mass is 523 g/mol. The molecule has 2 aromatic carbocycles. The molecule has 34 heavy (non-hydrogen) atoms. The van der Waals surface area contributed by atoms with E-state index in [1.165, 1.54) is 11.8 Å². The fourth-order valence-electron chi connectivity index (χ4n) is 3.04. The van der Waals surface area contributed by atoms with E-state index in [9.17, 15) is 14.7 Å². The molecule has 2 amide bonds. The topological polar surface area (TPSA) is 118 Å². The highest BCUT2D eigenvalue weighted by molar-refractivity contribution is 7.99. The minimum Gasteiger partial charge on any atom is -0.497 e. The minimum atomic E-state index is -0.776. The highest BCUT2D eigenvalue weighted by Gasteiger charge is 2.23. The Morgan fingerprint density at radius 3 is 2.50 bits per heavy atom. The number of nitrogens with zero attached hydrogens (tertiary/aromatic N) is 3. The molecule has 0 fully saturated rings. The molecule has 3 aromatic rings. The summed E-state index contributed by atoms with van der Waals surface area (Å²) in [5.41, 5.74) is 0.939. The van der Waals surface area contributed by atoms with Crippen molar-refractivity contribution in [3.05, 3.63) is 63.9 Å². The number of benzene rings is 2. The summed E-state index contributed by atoms with van der Waals surface area (Å²) in [5, 5.41) is 24.9. The summed E-state index contributed by atoms with van der Waals surface area (Å²) < 4.78 is 6.84. The maximum absolute atomic E-state index is 12.6. The van der Waals surface area contributed by atoms with Crippen molar-refractivity contribution in [2.75, 3.05) is 24.8 Å². The summed E-state index contributed by atoms with van der Waals surface area (Å²) in [6.07, 6.45) is 0. The SMILES string of the molecule is CCn1c(SCC(=O)Nc2ccc(Cl)c(Cl)c2)nnc1[C@@H](CO)NC(=O)c1ccc(OC)cc1. The number of halogens is 2. The van der Waals surface area contributed by atoms with E-state index >= 15 is 0 Å². The van der Waals surface area contributed by atoms with Gasteiger partial charge in [-0.25, -0.2) is 0 Å². The molecule has 0 saturated carbocycles. The number of carbonyl (C=O) groups excluding carboxylic acids is 2. The Labute approximate surface area is 210 Å². The van der Waals surface area contributed by atoms with Gasteiger partial charge in [0.25, 0.3) is 5.91 Å². The van der Waals surface area contributed by atoms with Gasteiger partial charge < -0.3 is 25.0 Å². The number of aliphatic hydroxyl groups excluding tert-OH is 1. The summed E-state index contributed by atoms with van der Waals surface area (Å²) in [5.74, 6) is 0.454. The van der Waals surface area contributed by atoms with Crippen LogP contribution in [0.25, 0.3) is 0 Å². The van der Waals surface area contributed by atoms with E-state index in [0.29, 0.717) is 44.6 Å². The number of rotatable bonds is 10. The van der Waals surface area contributed by atoms with Gasteiger partial charge in [0, 0.05) is 17.8 Å². The number of hydrogen-bond acceptors (Lipinski definition) is 7. The van der Waals surface area contributed by atoms with Crippen LogP contribution in [0.15, 0.2) is 47.6 Å². The lowest BCUT2D eigenvalue weighted by Crippen LogP contribution is -2.32. The van der Waals surface area contributed by atoms with Crippen LogP contribution in [-0.2, 0) is 11.3 Å². The molecule has 1 aromatic heterocycles. The third-order valence-corrected chi connectivity index (χ3v) is 6.45. The molecule has 0 spiro atoms. The molecule has 3 rings (SSSR count). The largest absolute Gasteiger partial charge is 0.497 e. The number of aromatic nitrogens is 3. The van der Waals surface area contributed by atoms with Crippen molar-refractivity contribution in [1.82, 2.24) is 20.1 Å². The van der Waals surface area contributed by atoms with E-state index in [1.807, 2.05) is 6.92 Å². The number of anilines is 1. The number of thioether (sulfide) groups is 1. The molecule has 1 heterocycles. The molecule has 0 aliphatic carbocycles. The first-order valence-corrected chi connectivity index (χ1v) is 12.0. The van der Waals surface area contributed by atoms with Gasteiger partial charge in [-0.1, -0.05) is 35.0 Å². The first kappa shape index (κ1) is 25.8. The molecule has 0 radical (unpaired) electrons. The number of nitrogens with one attached hydrogen (secondary N) is 2. The molecule has 1 atom stereocenters. The molecule has 0 aliphatic heterocycles. The summed E-state index contributed by atoms with van der Waals surface area (Å²) in [4.78, 5) is 25.0. The van der Waals surface area contributed by atoms with Gasteiger partial charge in [0.2, 0.25) is 5.91 Å². The smallest absolute Gasteiger partial charge is 0.251 e. The first-order chi connectivity index (χ1) is 16.4. The van der Waals surface area contributed by atoms with Gasteiger partial charge in [0.05, 0.1) is 29.5 Å². The van der Waals surface area contributed by atoms with Crippen LogP contribution in [0.1, 0.15) is 29.1 Å². The number of methoxy groups -OCH3 is 1. The fraction of sp³-hybridized carbons (Fsp3) is 0.273. The van der Waals surface area contributed by atoms with Gasteiger partial charge in [0.1, 0.15) is 11.8 Å². The second-order valence-electron chi connectivity index (χ2n) is 6.99. The summed E-state index contributed by atoms with van der Waals surface area (Å²) in [7, 11) is 1.54. The Kier molecular flexibility index (Phi) is 9.17. The second-order valence-corrected chi connectivity index (χ2v) is 8.74. The maximum atomic E-state index is 12.6. The predicted molar refractivity (Wildman–Crippen MR) is 132 cm³/mol. The standard InChI is InChI=1S/C22H23Cl2N5O4S/c1-3-29-20(18(11-30)26-21(32)13-4-7-15(33-2)8-5-13)27-28-22(29)34-12-19(31)25-14-6-9-16(23)17(24)10-14/h4-10,18,30H,3,11-12H2,1-2H3,(H,25,31)(H,26,32)/t18-/m1/s1. The number of hydrogen-bond donors (Lipinski definition) is 3. The lowest BCUT2D eigenvalue weighted by atomic mass is 10.2. The van der Waals surface area contributed by atoms with Gasteiger partial charge in [-0.15, -0.1) is 10.2 Å². The quantitative estimate of drug-likeness (QED) is 0.345. The van der Waals surface area contributed by atoms with Gasteiger partial charge in [-0.2, -0.15) is 0 Å². The fourth-order valence-corrected chi connectivity index (χ4v) is 4.15. The van der Waals surface area contributed by atoms with Crippen LogP contribution < -0.4 is 15.4 Å². The molecule has 9 nitrogen and oxygen atoms in total. The molecular formula is C22H23Cl2N5O4S. The van der Waals surface area contributed by atoms with Crippen LogP contribution in [-0.4, -0.2) is 51.2 Å². The van der Waals surface area contributed by atoms with Gasteiger partial charge in [0.15, 0.2) is 11.0 Å². The third-order valence-electron chi connectivity index (χ3n) is 4.75. The maximum Gasteiger partial charge on any atom is 0.251 e. The minimum absolute atomic E-state index is 0.0698. The lowest BCUT2D eigenvalue weighted by molar-refractivity contribution is -0.113. The highest BCUT2D eigenvalue weighted by Crippen LogP contribution is 2.26. The second kappa shape index (κ2) is 12.1. The van der Waals surface area contributed by atoms with Crippen molar-refractivity contribution in [2.45, 2.75) is 24.7 Å². The number of carbonyl (C=O) groups is 2. The number of ether oxygens (including phenoxy) is 1. The Balaban J connectivity index is 1.65. The Morgan fingerprint density at radius 2 is 1.88 bits per heavy atom. The van der Waals surface area contributed by atoms with Gasteiger partial charge in [-0.3, -0.25) is 9.59 Å². The summed E-state index contributed by atoms with van der Waals surface area (Å²) >= 11 is 13.1. The normalized spacial score (nSPS) is 11.7. The van der Waals surface area contributed by atoms with Crippen molar-refractivity contribution < 1.29 is 19.4 Å². The van der Waals surface area contributed by atoms with E-state index in [-0.39, 0.29) is 24.2 Å². The summed E-state index contributed by atoms with van der Waals surface area (Å²) in [6.45, 7) is 1.99. The van der Waals surface area contributed by atoms with Crippen molar-refractivity contribution >= 4 is 52.5 Å². The molecule has 0 aliphatic rings. The predicted octanol–water partition coefficient (Wildman–Crippen LogP) is 3.81. The Hall–Kier alpha value is -2.79. The average Bonchev–Trinajstić information content (AvgIpc) is 3.26. The molecule has 12 heteroatoms. The molecule has 180 valence electrons. The van der Waals surface area contributed by atoms with Crippen LogP contribution in [0.2, 0.25) is 10.0 Å². The van der Waals surface area contributed by atoms with Crippen LogP contribution in [0.4, 0.5) is 5.69 Å². The zero-order valence-corrected chi connectivity index (χ0v) is 20.7. The van der Waals surface area contributed by atoms with Crippen LogP contribution >= 0.6 is 35.0 Å². The third kappa shape index (κ3) is 6.41. The van der Waals surface area contributed by atoms with Gasteiger partial charge in [-0.05, 0) is 49.4 Å². The summed E-state index contributed by atoms with van der Waals surface area (Å²) in [6, 6.07) is 10.6. The van der Waals surface area contributed by atoms with Crippen molar-refractivity contribution in [3.8, 4) is 5.75 Å². The first-order valence-electron chi connectivity index (χ1n) is 10.2. The van der Waals surface area contributed by atoms with Crippen LogP contribution in [0, 0.1) is 0 Å². The van der Waals surface area contributed by atoms with E-state index in [2.05, 4.69) is 20.8 Å². The number of aliphatic hydroxyl groups is 1. The Bertz CT molecular complexity index is 1160. The zero-order chi connectivity index (χ0) is 24.7. The molecule has 0 unspecified atom stereocenters. The zero-order valence-electron chi connectivity index (χ0n) is 18.4. The van der Waals surface area contributed by atoms with Crippen molar-refractivity contribution in [2.24, 2.45) is 0 Å². The van der Waals surface area contributed by atoms with E-state index < -0.39 is 6.04 Å². The van der Waals surface area contributed by atoms with Crippen LogP contribution in [0.3, 0.4) is 0 Å². The van der Waals surface area contributed by atoms with Crippen molar-refractivity contribution in [3.63, 3.8) is 0 Å².